The van der Waals surface area contributed by atoms with Crippen molar-refractivity contribution in [1.29, 1.82) is 0 Å². The van der Waals surface area contributed by atoms with Gasteiger partial charge in [0.25, 0.3) is 0 Å². The van der Waals surface area contributed by atoms with Crippen molar-refractivity contribution in [2.45, 2.75) is 43.9 Å². The van der Waals surface area contributed by atoms with Gasteiger partial charge in [-0.25, -0.2) is 0 Å². The van der Waals surface area contributed by atoms with E-state index in [1.54, 1.807) is 13.2 Å². The molecule has 24 heavy (non-hydrogen) atoms. The van der Waals surface area contributed by atoms with Crippen LogP contribution in [0.2, 0.25) is 0 Å². The highest BCUT2D eigenvalue weighted by atomic mass is 19.4. The van der Waals surface area contributed by atoms with Gasteiger partial charge in [-0.2, -0.15) is 13.2 Å². The number of hydrogen-bond acceptors (Lipinski definition) is 3. The molecule has 0 bridgehead atoms. The van der Waals surface area contributed by atoms with Gasteiger partial charge in [0.1, 0.15) is 5.75 Å². The first kappa shape index (κ1) is 18.6. The summed E-state index contributed by atoms with van der Waals surface area (Å²) in [5.74, 6) is 0.422. The molecule has 0 aromatic heterocycles. The molecule has 7 heteroatoms. The summed E-state index contributed by atoms with van der Waals surface area (Å²) in [6, 6.07) is 7.37. The van der Waals surface area contributed by atoms with Crippen LogP contribution in [0.4, 0.5) is 13.2 Å². The Balaban J connectivity index is 1.94. The van der Waals surface area contributed by atoms with Gasteiger partial charge in [-0.15, -0.1) is 0 Å². The van der Waals surface area contributed by atoms with E-state index >= 15 is 0 Å². The van der Waals surface area contributed by atoms with Crippen LogP contribution in [0.1, 0.15) is 37.7 Å². The first-order valence-corrected chi connectivity index (χ1v) is 7.87. The zero-order valence-electron chi connectivity index (χ0n) is 13.8. The third-order valence-electron chi connectivity index (χ3n) is 4.61. The van der Waals surface area contributed by atoms with E-state index in [0.29, 0.717) is 5.75 Å². The number of likely N-dealkylation sites (tertiary alicyclic amines) is 1. The van der Waals surface area contributed by atoms with Crippen molar-refractivity contribution >= 4 is 5.91 Å². The molecule has 1 fully saturated rings. The number of alkyl halides is 3. The van der Waals surface area contributed by atoms with Crippen molar-refractivity contribution in [2.24, 2.45) is 0 Å². The van der Waals surface area contributed by atoms with Crippen molar-refractivity contribution in [2.75, 3.05) is 20.2 Å². The molecule has 1 aliphatic heterocycles. The smallest absolute Gasteiger partial charge is 0.417 e. The van der Waals surface area contributed by atoms with Crippen molar-refractivity contribution in [1.82, 2.24) is 4.90 Å². The van der Waals surface area contributed by atoms with Gasteiger partial charge in [-0.3, -0.25) is 4.79 Å². The Kier molecular flexibility index (Phi) is 5.42. The highest BCUT2D eigenvalue weighted by Gasteiger charge is 2.54. The van der Waals surface area contributed by atoms with E-state index in [-0.39, 0.29) is 31.3 Å². The molecule has 1 saturated heterocycles. The van der Waals surface area contributed by atoms with Crippen LogP contribution in [-0.2, 0) is 4.79 Å². The third-order valence-corrected chi connectivity index (χ3v) is 4.61. The number of rotatable bonds is 4. The maximum atomic E-state index is 12.8. The standard InChI is InChI=1S/C17H22F3NO3/c1-12(13-4-3-5-14(11-13)24-2)10-15(22)21-8-6-16(23,7-9-21)17(18,19)20/h3-5,11-12,23H,6-10H2,1-2H3. The molecule has 1 unspecified atom stereocenters. The van der Waals surface area contributed by atoms with E-state index < -0.39 is 24.6 Å². The van der Waals surface area contributed by atoms with Gasteiger partial charge in [0.05, 0.1) is 7.11 Å². The molecular formula is C17H22F3NO3. The summed E-state index contributed by atoms with van der Waals surface area (Å²) in [5, 5.41) is 9.65. The minimum atomic E-state index is -4.66. The molecule has 0 spiro atoms. The van der Waals surface area contributed by atoms with Crippen LogP contribution in [-0.4, -0.2) is 47.9 Å². The van der Waals surface area contributed by atoms with Gasteiger partial charge in [-0.05, 0) is 23.6 Å². The number of piperidine rings is 1. The average molecular weight is 345 g/mol. The zero-order valence-corrected chi connectivity index (χ0v) is 13.8. The number of carbonyl (C=O) groups is 1. The zero-order chi connectivity index (χ0) is 18.0. The highest BCUT2D eigenvalue weighted by Crippen LogP contribution is 2.38. The first-order valence-electron chi connectivity index (χ1n) is 7.87. The topological polar surface area (TPSA) is 49.8 Å². The monoisotopic (exact) mass is 345 g/mol. The third kappa shape index (κ3) is 4.01. The minimum Gasteiger partial charge on any atom is -0.497 e. The predicted octanol–water partition coefficient (Wildman–Crippen LogP) is 3.10. The SMILES string of the molecule is COc1cccc(C(C)CC(=O)N2CCC(O)(C(F)(F)F)CC2)c1. The Hall–Kier alpha value is -1.76. The van der Waals surface area contributed by atoms with E-state index in [4.69, 9.17) is 4.74 Å². The van der Waals surface area contributed by atoms with Crippen LogP contribution in [0.15, 0.2) is 24.3 Å². The van der Waals surface area contributed by atoms with E-state index in [2.05, 4.69) is 0 Å². The molecule has 0 aliphatic carbocycles. The van der Waals surface area contributed by atoms with Crippen LogP contribution in [0.25, 0.3) is 0 Å². The number of methoxy groups -OCH3 is 1. The molecule has 4 nitrogen and oxygen atoms in total. The number of carbonyl (C=O) groups excluding carboxylic acids is 1. The van der Waals surface area contributed by atoms with Crippen LogP contribution in [0.3, 0.4) is 0 Å². The van der Waals surface area contributed by atoms with E-state index in [1.165, 1.54) is 4.90 Å². The molecule has 1 N–H and O–H groups in total. The quantitative estimate of drug-likeness (QED) is 0.912. The Bertz CT molecular complexity index is 581. The molecule has 2 rings (SSSR count). The van der Waals surface area contributed by atoms with Crippen LogP contribution in [0, 0.1) is 0 Å². The number of hydrogen-bond donors (Lipinski definition) is 1. The lowest BCUT2D eigenvalue weighted by molar-refractivity contribution is -0.272. The number of nitrogens with zero attached hydrogens (tertiary/aromatic N) is 1. The number of halogens is 3. The fraction of sp³-hybridized carbons (Fsp3) is 0.588. The highest BCUT2D eigenvalue weighted by molar-refractivity contribution is 5.77. The molecule has 1 heterocycles. The number of ether oxygens (including phenoxy) is 1. The summed E-state index contributed by atoms with van der Waals surface area (Å²) in [6.07, 6.45) is -5.40. The minimum absolute atomic E-state index is 0.0731. The van der Waals surface area contributed by atoms with Gasteiger partial charge in [0.2, 0.25) is 5.91 Å². The lowest BCUT2D eigenvalue weighted by atomic mass is 9.90. The van der Waals surface area contributed by atoms with Gasteiger partial charge in [0, 0.05) is 32.4 Å². The average Bonchev–Trinajstić information content (AvgIpc) is 2.54. The molecule has 0 saturated carbocycles. The maximum Gasteiger partial charge on any atom is 0.417 e. The summed E-state index contributed by atoms with van der Waals surface area (Å²) < 4.78 is 43.5. The molecule has 1 atom stereocenters. The van der Waals surface area contributed by atoms with E-state index in [9.17, 15) is 23.1 Å². The lowest BCUT2D eigenvalue weighted by Crippen LogP contribution is -2.54. The summed E-state index contributed by atoms with van der Waals surface area (Å²) >= 11 is 0. The second kappa shape index (κ2) is 7.01. The van der Waals surface area contributed by atoms with E-state index in [0.717, 1.165) is 5.56 Å². The Labute approximate surface area is 139 Å². The lowest BCUT2D eigenvalue weighted by Gasteiger charge is -2.39. The van der Waals surface area contributed by atoms with Gasteiger partial charge in [0.15, 0.2) is 5.60 Å². The van der Waals surface area contributed by atoms with Crippen LogP contribution >= 0.6 is 0 Å². The molecule has 1 aromatic carbocycles. The number of aliphatic hydroxyl groups is 1. The maximum absolute atomic E-state index is 12.8. The second-order valence-corrected chi connectivity index (χ2v) is 6.29. The molecule has 1 amide bonds. The predicted molar refractivity (Wildman–Crippen MR) is 82.8 cm³/mol. The molecule has 0 radical (unpaired) electrons. The van der Waals surface area contributed by atoms with Crippen molar-refractivity contribution in [3.8, 4) is 5.75 Å². The van der Waals surface area contributed by atoms with Crippen LogP contribution < -0.4 is 4.74 Å². The largest absolute Gasteiger partial charge is 0.497 e. The molecule has 1 aromatic rings. The second-order valence-electron chi connectivity index (χ2n) is 6.29. The Morgan fingerprint density at radius 3 is 2.54 bits per heavy atom. The van der Waals surface area contributed by atoms with Gasteiger partial charge < -0.3 is 14.7 Å². The van der Waals surface area contributed by atoms with Crippen LogP contribution in [0.5, 0.6) is 5.75 Å². The summed E-state index contributed by atoms with van der Waals surface area (Å²) in [6.45, 7) is 1.72. The fourth-order valence-electron chi connectivity index (χ4n) is 2.87. The fourth-order valence-corrected chi connectivity index (χ4v) is 2.87. The summed E-state index contributed by atoms with van der Waals surface area (Å²) in [5.41, 5.74) is -1.74. The molecule has 134 valence electrons. The Morgan fingerprint density at radius 2 is 2.00 bits per heavy atom. The van der Waals surface area contributed by atoms with Gasteiger partial charge >= 0.3 is 6.18 Å². The number of amides is 1. The van der Waals surface area contributed by atoms with Crippen molar-refractivity contribution in [3.63, 3.8) is 0 Å². The summed E-state index contributed by atoms with van der Waals surface area (Å²) in [7, 11) is 1.56. The van der Waals surface area contributed by atoms with E-state index in [1.807, 2.05) is 25.1 Å². The van der Waals surface area contributed by atoms with Crippen molar-refractivity contribution < 1.29 is 27.8 Å². The molecule has 1 aliphatic rings. The van der Waals surface area contributed by atoms with Crippen molar-refractivity contribution in [3.05, 3.63) is 29.8 Å². The first-order chi connectivity index (χ1) is 11.2. The number of benzene rings is 1. The molecular weight excluding hydrogens is 323 g/mol. The van der Waals surface area contributed by atoms with Gasteiger partial charge in [-0.1, -0.05) is 19.1 Å². The Morgan fingerprint density at radius 1 is 1.38 bits per heavy atom. The summed E-state index contributed by atoms with van der Waals surface area (Å²) in [4.78, 5) is 13.7. The normalized spacial score (nSPS) is 19.0.